The lowest BCUT2D eigenvalue weighted by atomic mass is 10.0. The van der Waals surface area contributed by atoms with E-state index in [4.69, 9.17) is 0 Å². The van der Waals surface area contributed by atoms with Crippen LogP contribution in [0.3, 0.4) is 0 Å². The van der Waals surface area contributed by atoms with Crippen molar-refractivity contribution in [2.24, 2.45) is 7.05 Å². The Morgan fingerprint density at radius 3 is 2.00 bits per heavy atom. The van der Waals surface area contributed by atoms with Crippen LogP contribution < -0.4 is 0 Å². The van der Waals surface area contributed by atoms with Crippen LogP contribution in [0.4, 0.5) is 0 Å². The summed E-state index contributed by atoms with van der Waals surface area (Å²) < 4.78 is 6.96. The van der Waals surface area contributed by atoms with Crippen molar-refractivity contribution in [2.75, 3.05) is 0 Å². The highest BCUT2D eigenvalue weighted by Crippen LogP contribution is 2.42. The van der Waals surface area contributed by atoms with E-state index in [1.165, 1.54) is 60.1 Å². The summed E-state index contributed by atoms with van der Waals surface area (Å²) in [7, 11) is 2.08. The van der Waals surface area contributed by atoms with Crippen molar-refractivity contribution >= 4 is 65.4 Å². The molecule has 0 aliphatic heterocycles. The molecule has 0 radical (unpaired) electrons. The molecule has 3 heterocycles. The fourth-order valence-electron chi connectivity index (χ4n) is 6.81. The van der Waals surface area contributed by atoms with Crippen molar-refractivity contribution in [3.63, 3.8) is 0 Å². The summed E-state index contributed by atoms with van der Waals surface area (Å²) in [5, 5.41) is 7.57. The molecule has 0 saturated heterocycles. The summed E-state index contributed by atoms with van der Waals surface area (Å²) in [5.74, 6) is 0. The molecule has 4 heteroatoms. The van der Waals surface area contributed by atoms with E-state index in [-0.39, 0.29) is 0 Å². The van der Waals surface area contributed by atoms with Crippen LogP contribution in [-0.4, -0.2) is 18.7 Å². The summed E-state index contributed by atoms with van der Waals surface area (Å²) in [4.78, 5) is 4.66. The molecular weight excluding hydrogens is 488 g/mol. The standard InChI is InChI=1S/C36H24N4/c1-38-22-37-29-14-9-17-33(36(29)38)40-30-15-7-5-12-24(30)26-19-18-25-27(35(26)40)20-21-32-34(25)28-13-6-8-16-31(28)39(32)23-10-3-2-4-11-23/h2-22H,1H3. The van der Waals surface area contributed by atoms with E-state index in [0.29, 0.717) is 0 Å². The molecule has 0 unspecified atom stereocenters. The van der Waals surface area contributed by atoms with E-state index in [2.05, 4.69) is 147 Å². The lowest BCUT2D eigenvalue weighted by molar-refractivity contribution is 0.941. The second-order valence-corrected chi connectivity index (χ2v) is 10.6. The van der Waals surface area contributed by atoms with Crippen LogP contribution in [0.2, 0.25) is 0 Å². The molecule has 0 fully saturated rings. The van der Waals surface area contributed by atoms with E-state index in [9.17, 15) is 0 Å². The van der Waals surface area contributed by atoms with Crippen molar-refractivity contribution in [1.82, 2.24) is 18.7 Å². The quantitative estimate of drug-likeness (QED) is 0.227. The van der Waals surface area contributed by atoms with Gasteiger partial charge in [0.1, 0.15) is 0 Å². The van der Waals surface area contributed by atoms with Gasteiger partial charge in [0, 0.05) is 39.7 Å². The first kappa shape index (κ1) is 21.6. The molecule has 9 aromatic rings. The molecule has 188 valence electrons. The Morgan fingerprint density at radius 1 is 0.475 bits per heavy atom. The largest absolute Gasteiger partial charge is 0.332 e. The Balaban J connectivity index is 1.50. The second-order valence-electron chi connectivity index (χ2n) is 10.6. The zero-order valence-corrected chi connectivity index (χ0v) is 21.9. The van der Waals surface area contributed by atoms with Crippen LogP contribution in [-0.2, 0) is 7.05 Å². The number of imidazole rings is 1. The molecule has 9 rings (SSSR count). The Labute approximate surface area is 229 Å². The minimum absolute atomic E-state index is 1.000. The van der Waals surface area contributed by atoms with E-state index >= 15 is 0 Å². The maximum atomic E-state index is 4.66. The monoisotopic (exact) mass is 512 g/mol. The Kier molecular flexibility index (Phi) is 4.23. The van der Waals surface area contributed by atoms with E-state index in [1.54, 1.807) is 0 Å². The van der Waals surface area contributed by atoms with Crippen LogP contribution >= 0.6 is 0 Å². The molecule has 0 bridgehead atoms. The number of benzene rings is 6. The number of hydrogen-bond donors (Lipinski definition) is 0. The first-order valence-electron chi connectivity index (χ1n) is 13.6. The summed E-state index contributed by atoms with van der Waals surface area (Å²) in [5.41, 5.74) is 9.31. The first-order valence-corrected chi connectivity index (χ1v) is 13.6. The van der Waals surface area contributed by atoms with Gasteiger partial charge in [0.05, 0.1) is 45.1 Å². The molecule has 0 aliphatic rings. The second kappa shape index (κ2) is 7.84. The van der Waals surface area contributed by atoms with Gasteiger partial charge >= 0.3 is 0 Å². The van der Waals surface area contributed by atoms with E-state index < -0.39 is 0 Å². The molecule has 40 heavy (non-hydrogen) atoms. The van der Waals surface area contributed by atoms with Crippen LogP contribution in [0.25, 0.3) is 76.8 Å². The number of hydrogen-bond acceptors (Lipinski definition) is 1. The molecule has 0 spiro atoms. The van der Waals surface area contributed by atoms with Gasteiger partial charge in [-0.2, -0.15) is 0 Å². The van der Waals surface area contributed by atoms with E-state index in [1.807, 2.05) is 6.33 Å². The van der Waals surface area contributed by atoms with Crippen molar-refractivity contribution in [2.45, 2.75) is 0 Å². The maximum absolute atomic E-state index is 4.66. The first-order chi connectivity index (χ1) is 19.8. The third kappa shape index (κ3) is 2.72. The normalized spacial score (nSPS) is 12.1. The highest BCUT2D eigenvalue weighted by Gasteiger charge is 2.20. The van der Waals surface area contributed by atoms with Gasteiger partial charge < -0.3 is 13.7 Å². The van der Waals surface area contributed by atoms with Gasteiger partial charge in [0.25, 0.3) is 0 Å². The zero-order valence-electron chi connectivity index (χ0n) is 21.9. The predicted molar refractivity (Wildman–Crippen MR) is 167 cm³/mol. The number of aryl methyl sites for hydroxylation is 1. The predicted octanol–water partition coefficient (Wildman–Crippen LogP) is 8.92. The number of nitrogens with zero attached hydrogens (tertiary/aromatic N) is 4. The van der Waals surface area contributed by atoms with Crippen LogP contribution in [0.5, 0.6) is 0 Å². The van der Waals surface area contributed by atoms with Gasteiger partial charge in [0.15, 0.2) is 0 Å². The van der Waals surface area contributed by atoms with E-state index in [0.717, 1.165) is 16.7 Å². The maximum Gasteiger partial charge on any atom is 0.0956 e. The topological polar surface area (TPSA) is 27.7 Å². The highest BCUT2D eigenvalue weighted by molar-refractivity contribution is 6.28. The number of fused-ring (bicyclic) bond motifs is 10. The lowest BCUT2D eigenvalue weighted by Crippen LogP contribution is -1.98. The number of para-hydroxylation sites is 4. The molecule has 0 N–H and O–H groups in total. The smallest absolute Gasteiger partial charge is 0.0956 e. The Morgan fingerprint density at radius 2 is 1.15 bits per heavy atom. The number of rotatable bonds is 2. The average Bonchev–Trinajstić information content (AvgIpc) is 3.67. The fraction of sp³-hybridized carbons (Fsp3) is 0.0278. The van der Waals surface area contributed by atoms with Gasteiger partial charge in [-0.1, -0.05) is 78.9 Å². The molecule has 0 amide bonds. The SMILES string of the molecule is Cn1cnc2cccc(-n3c4ccccc4c4ccc5c(ccc6c5c5ccccc5n6-c5ccccc5)c43)c21. The van der Waals surface area contributed by atoms with Gasteiger partial charge in [-0.05, 0) is 47.9 Å². The molecule has 0 aliphatic carbocycles. The van der Waals surface area contributed by atoms with Gasteiger partial charge in [-0.15, -0.1) is 0 Å². The molecule has 6 aromatic carbocycles. The van der Waals surface area contributed by atoms with Crippen LogP contribution in [0.15, 0.2) is 128 Å². The third-order valence-corrected chi connectivity index (χ3v) is 8.44. The molecule has 0 atom stereocenters. The van der Waals surface area contributed by atoms with Crippen LogP contribution in [0.1, 0.15) is 0 Å². The van der Waals surface area contributed by atoms with Gasteiger partial charge in [-0.25, -0.2) is 4.98 Å². The lowest BCUT2D eigenvalue weighted by Gasteiger charge is -2.13. The van der Waals surface area contributed by atoms with Gasteiger partial charge in [-0.3, -0.25) is 0 Å². The Bertz CT molecular complexity index is 2440. The summed E-state index contributed by atoms with van der Waals surface area (Å²) in [6, 6.07) is 43.8. The number of aromatic nitrogens is 4. The highest BCUT2D eigenvalue weighted by atomic mass is 15.1. The van der Waals surface area contributed by atoms with Crippen molar-refractivity contribution in [3.05, 3.63) is 128 Å². The average molecular weight is 513 g/mol. The molecule has 4 nitrogen and oxygen atoms in total. The van der Waals surface area contributed by atoms with Crippen molar-refractivity contribution in [3.8, 4) is 11.4 Å². The van der Waals surface area contributed by atoms with Gasteiger partial charge in [0.2, 0.25) is 0 Å². The van der Waals surface area contributed by atoms with Crippen molar-refractivity contribution in [1.29, 1.82) is 0 Å². The minimum Gasteiger partial charge on any atom is -0.332 e. The fourth-order valence-corrected chi connectivity index (χ4v) is 6.81. The summed E-state index contributed by atoms with van der Waals surface area (Å²) in [6.07, 6.45) is 1.90. The molecule has 3 aromatic heterocycles. The summed E-state index contributed by atoms with van der Waals surface area (Å²) >= 11 is 0. The Hall–Kier alpha value is -5.35. The minimum atomic E-state index is 1.000. The van der Waals surface area contributed by atoms with Crippen LogP contribution in [0, 0.1) is 0 Å². The van der Waals surface area contributed by atoms with Crippen molar-refractivity contribution < 1.29 is 0 Å². The molecular formula is C36H24N4. The third-order valence-electron chi connectivity index (χ3n) is 8.44. The zero-order chi connectivity index (χ0) is 26.4. The molecule has 0 saturated carbocycles. The summed E-state index contributed by atoms with van der Waals surface area (Å²) in [6.45, 7) is 0.